The summed E-state index contributed by atoms with van der Waals surface area (Å²) in [4.78, 5) is 28.4. The predicted molar refractivity (Wildman–Crippen MR) is 153 cm³/mol. The van der Waals surface area contributed by atoms with E-state index in [9.17, 15) is 14.7 Å². The Balaban J connectivity index is 1.60. The highest BCUT2D eigenvalue weighted by Crippen LogP contribution is 2.66. The van der Waals surface area contributed by atoms with Gasteiger partial charge in [0, 0.05) is 17.7 Å². The Morgan fingerprint density at radius 1 is 0.857 bits per heavy atom. The Morgan fingerprint density at radius 3 is 2.14 bits per heavy atom. The summed E-state index contributed by atoms with van der Waals surface area (Å²) in [5, 5.41) is 12.6. The van der Waals surface area contributed by atoms with Crippen LogP contribution in [0.3, 0.4) is 0 Å². The molecule has 0 spiro atoms. The Kier molecular flexibility index (Phi) is 6.86. The fourth-order valence-electron chi connectivity index (χ4n) is 6.33. The molecule has 4 aromatic carbocycles. The number of carbonyl (C=O) groups excluding carboxylic acids is 2. The van der Waals surface area contributed by atoms with Crippen LogP contribution in [-0.4, -0.2) is 38.2 Å². The molecule has 214 valence electrons. The van der Waals surface area contributed by atoms with Crippen LogP contribution in [0.25, 0.3) is 0 Å². The number of aliphatic hydroxyl groups is 1. The van der Waals surface area contributed by atoms with Crippen molar-refractivity contribution < 1.29 is 38.4 Å². The molecule has 1 aliphatic carbocycles. The number of benzene rings is 4. The van der Waals surface area contributed by atoms with E-state index < -0.39 is 34.8 Å². The fourth-order valence-corrected chi connectivity index (χ4v) is 6.33. The average Bonchev–Trinajstić information content (AvgIpc) is 3.16. The number of methoxy groups -OCH3 is 3. The number of ether oxygens (including phenoxy) is 5. The lowest BCUT2D eigenvalue weighted by molar-refractivity contribution is -0.162. The fraction of sp³-hybridized carbons (Fsp3) is 0.235. The molecule has 42 heavy (non-hydrogen) atoms. The molecule has 1 saturated carbocycles. The van der Waals surface area contributed by atoms with Crippen molar-refractivity contribution in [2.75, 3.05) is 21.3 Å². The number of ketones is 1. The van der Waals surface area contributed by atoms with Crippen LogP contribution in [-0.2, 0) is 32.1 Å². The van der Waals surface area contributed by atoms with Gasteiger partial charge in [-0.25, -0.2) is 0 Å². The molecule has 4 aromatic rings. The lowest BCUT2D eigenvalue weighted by atomic mass is 9.75. The van der Waals surface area contributed by atoms with Crippen LogP contribution in [0.2, 0.25) is 0 Å². The maximum atomic E-state index is 14.7. The highest BCUT2D eigenvalue weighted by Gasteiger charge is 2.77. The number of esters is 1. The van der Waals surface area contributed by atoms with E-state index in [2.05, 4.69) is 0 Å². The minimum Gasteiger partial charge on any atom is -0.497 e. The van der Waals surface area contributed by atoms with Crippen LogP contribution in [0, 0.1) is 5.92 Å². The number of hydrogen-bond acceptors (Lipinski definition) is 8. The summed E-state index contributed by atoms with van der Waals surface area (Å²) >= 11 is 0. The molecule has 1 fully saturated rings. The third kappa shape index (κ3) is 4.01. The summed E-state index contributed by atoms with van der Waals surface area (Å²) in [5.41, 5.74) is -2.05. The second-order valence-electron chi connectivity index (χ2n) is 10.3. The van der Waals surface area contributed by atoms with E-state index in [1.54, 1.807) is 43.5 Å². The first-order chi connectivity index (χ1) is 20.4. The molecule has 0 aromatic heterocycles. The second kappa shape index (κ2) is 10.5. The highest BCUT2D eigenvalue weighted by molar-refractivity contribution is 6.07. The van der Waals surface area contributed by atoms with E-state index in [4.69, 9.17) is 23.7 Å². The van der Waals surface area contributed by atoms with Gasteiger partial charge in [-0.2, -0.15) is 0 Å². The molecule has 2 bridgehead atoms. The zero-order valence-electron chi connectivity index (χ0n) is 23.4. The normalized spacial score (nSPS) is 23.9. The van der Waals surface area contributed by atoms with Crippen LogP contribution < -0.4 is 18.9 Å². The molecule has 0 radical (unpaired) electrons. The number of fused-ring (bicyclic) bond motifs is 4. The quantitative estimate of drug-likeness (QED) is 0.300. The van der Waals surface area contributed by atoms with Gasteiger partial charge in [-0.15, -0.1) is 0 Å². The Labute approximate surface area is 243 Å². The summed E-state index contributed by atoms with van der Waals surface area (Å²) in [6.07, 6.45) is 0. The third-order valence-corrected chi connectivity index (χ3v) is 8.20. The minimum atomic E-state index is -2.34. The van der Waals surface area contributed by atoms with Crippen LogP contribution >= 0.6 is 0 Å². The number of Topliss-reactive ketones (excluding diaryl/α,β-unsaturated/α-hetero) is 1. The Hall–Kier alpha value is -4.82. The molecule has 1 heterocycles. The van der Waals surface area contributed by atoms with Gasteiger partial charge in [0.2, 0.25) is 11.4 Å². The maximum absolute atomic E-state index is 14.7. The molecule has 4 unspecified atom stereocenters. The average molecular weight is 567 g/mol. The van der Waals surface area contributed by atoms with E-state index in [1.807, 2.05) is 60.7 Å². The summed E-state index contributed by atoms with van der Waals surface area (Å²) in [7, 11) is 4.20. The van der Waals surface area contributed by atoms with Gasteiger partial charge >= 0.3 is 5.97 Å². The molecule has 2 aliphatic rings. The van der Waals surface area contributed by atoms with Crippen LogP contribution in [0.1, 0.15) is 28.2 Å². The lowest BCUT2D eigenvalue weighted by Gasteiger charge is -2.40. The second-order valence-corrected chi connectivity index (χ2v) is 10.3. The molecule has 4 atom stereocenters. The Morgan fingerprint density at radius 2 is 1.52 bits per heavy atom. The van der Waals surface area contributed by atoms with Crippen molar-refractivity contribution in [2.45, 2.75) is 23.7 Å². The number of rotatable bonds is 8. The van der Waals surface area contributed by atoms with Crippen molar-refractivity contribution in [3.8, 4) is 23.0 Å². The van der Waals surface area contributed by atoms with Crippen molar-refractivity contribution in [1.82, 2.24) is 0 Å². The van der Waals surface area contributed by atoms with Gasteiger partial charge in [0.1, 0.15) is 35.5 Å². The molecule has 1 aliphatic heterocycles. The summed E-state index contributed by atoms with van der Waals surface area (Å²) in [6, 6.07) is 28.8. The molecule has 8 nitrogen and oxygen atoms in total. The lowest BCUT2D eigenvalue weighted by Crippen LogP contribution is -2.51. The van der Waals surface area contributed by atoms with Gasteiger partial charge in [0.05, 0.1) is 32.8 Å². The van der Waals surface area contributed by atoms with E-state index in [0.29, 0.717) is 22.6 Å². The number of carbonyl (C=O) groups is 2. The summed E-state index contributed by atoms with van der Waals surface area (Å²) < 4.78 is 29.1. The molecule has 6 rings (SSSR count). The van der Waals surface area contributed by atoms with Crippen molar-refractivity contribution >= 4 is 11.8 Å². The summed E-state index contributed by atoms with van der Waals surface area (Å²) in [5.74, 6) is -2.45. The predicted octanol–water partition coefficient (Wildman–Crippen LogP) is 4.91. The first-order valence-electron chi connectivity index (χ1n) is 13.5. The van der Waals surface area contributed by atoms with Gasteiger partial charge in [0.15, 0.2) is 5.60 Å². The monoisotopic (exact) mass is 566 g/mol. The van der Waals surface area contributed by atoms with E-state index in [0.717, 1.165) is 5.56 Å². The van der Waals surface area contributed by atoms with Crippen LogP contribution in [0.5, 0.6) is 23.0 Å². The van der Waals surface area contributed by atoms with E-state index in [-0.39, 0.29) is 23.7 Å². The van der Waals surface area contributed by atoms with Gasteiger partial charge in [0.25, 0.3) is 0 Å². The van der Waals surface area contributed by atoms with Gasteiger partial charge in [-0.05, 0) is 23.3 Å². The molecular weight excluding hydrogens is 536 g/mol. The molecule has 1 N–H and O–H groups in total. The first kappa shape index (κ1) is 27.4. The molecule has 8 heteroatoms. The minimum absolute atomic E-state index is 0.0556. The van der Waals surface area contributed by atoms with E-state index >= 15 is 0 Å². The largest absolute Gasteiger partial charge is 0.497 e. The topological polar surface area (TPSA) is 101 Å². The zero-order chi connectivity index (χ0) is 29.5. The third-order valence-electron chi connectivity index (χ3n) is 8.20. The van der Waals surface area contributed by atoms with Crippen molar-refractivity contribution in [1.29, 1.82) is 0 Å². The van der Waals surface area contributed by atoms with Crippen molar-refractivity contribution in [3.63, 3.8) is 0 Å². The molecule has 0 amide bonds. The van der Waals surface area contributed by atoms with Gasteiger partial charge in [-0.1, -0.05) is 72.8 Å². The van der Waals surface area contributed by atoms with Gasteiger partial charge < -0.3 is 28.8 Å². The standard InChI is InChI=1S/C34H30O8/c1-38-24-16-14-23(15-17-24)34-28(22-12-8-5-9-13-22)30(31(35)40-3)33(37,32(34)36)29-26(39-2)18-25(19-27(29)42-34)41-20-21-10-6-4-7-11-21/h4-19,28,30,37H,20H2,1-3H3. The zero-order valence-corrected chi connectivity index (χ0v) is 23.4. The SMILES string of the molecule is COC(=O)C1C(c2ccccc2)C2(c3ccc(OC)cc3)Oc3cc(OCc4ccccc4)cc(OC)c3C1(O)C2=O. The Bertz CT molecular complexity index is 1620. The van der Waals surface area contributed by atoms with Crippen molar-refractivity contribution in [2.24, 2.45) is 5.92 Å². The summed E-state index contributed by atoms with van der Waals surface area (Å²) in [6.45, 7) is 0.271. The smallest absolute Gasteiger partial charge is 0.313 e. The maximum Gasteiger partial charge on any atom is 0.313 e. The first-order valence-corrected chi connectivity index (χ1v) is 13.5. The van der Waals surface area contributed by atoms with Gasteiger partial charge in [-0.3, -0.25) is 9.59 Å². The number of hydrogen-bond donors (Lipinski definition) is 1. The van der Waals surface area contributed by atoms with Crippen LogP contribution in [0.15, 0.2) is 97.1 Å². The molecule has 0 saturated heterocycles. The highest BCUT2D eigenvalue weighted by atomic mass is 16.5. The van der Waals surface area contributed by atoms with E-state index in [1.165, 1.54) is 14.2 Å². The van der Waals surface area contributed by atoms with Crippen molar-refractivity contribution in [3.05, 3.63) is 119 Å². The molecular formula is C34H30O8. The van der Waals surface area contributed by atoms with Crippen LogP contribution in [0.4, 0.5) is 0 Å².